The van der Waals surface area contributed by atoms with Crippen LogP contribution in [0.25, 0.3) is 0 Å². The number of nitrogens with one attached hydrogen (secondary N) is 2. The van der Waals surface area contributed by atoms with E-state index in [-0.39, 0.29) is 36.5 Å². The SMILES string of the molecule is CC(C)CCNC(N)=NCC(=O)Nc1ccc(F)c(F)c1F.I. The molecule has 0 heterocycles. The second kappa shape index (κ2) is 10.3. The molecule has 1 aromatic carbocycles. The van der Waals surface area contributed by atoms with Crippen molar-refractivity contribution in [1.29, 1.82) is 0 Å². The first-order valence-electron chi connectivity index (χ1n) is 6.78. The Morgan fingerprint density at radius 3 is 2.52 bits per heavy atom. The number of hydrogen-bond donors (Lipinski definition) is 3. The summed E-state index contributed by atoms with van der Waals surface area (Å²) in [6.07, 6.45) is 0.891. The van der Waals surface area contributed by atoms with Crippen LogP contribution in [0.5, 0.6) is 0 Å². The van der Waals surface area contributed by atoms with Crippen molar-refractivity contribution in [3.63, 3.8) is 0 Å². The molecule has 0 atom stereocenters. The molecule has 0 aliphatic heterocycles. The monoisotopic (exact) mass is 444 g/mol. The van der Waals surface area contributed by atoms with Crippen LogP contribution in [-0.4, -0.2) is 25.0 Å². The Labute approximate surface area is 149 Å². The lowest BCUT2D eigenvalue weighted by Gasteiger charge is -2.08. The lowest BCUT2D eigenvalue weighted by Crippen LogP contribution is -2.34. The number of carbonyl (C=O) groups is 1. The molecule has 23 heavy (non-hydrogen) atoms. The molecule has 0 spiro atoms. The Kier molecular flexibility index (Phi) is 9.61. The van der Waals surface area contributed by atoms with E-state index >= 15 is 0 Å². The minimum atomic E-state index is -1.64. The van der Waals surface area contributed by atoms with Crippen LogP contribution in [-0.2, 0) is 4.79 Å². The van der Waals surface area contributed by atoms with Gasteiger partial charge >= 0.3 is 0 Å². The van der Waals surface area contributed by atoms with E-state index < -0.39 is 29.0 Å². The fourth-order valence-corrected chi connectivity index (χ4v) is 1.51. The minimum absolute atomic E-state index is 0. The highest BCUT2D eigenvalue weighted by molar-refractivity contribution is 14.0. The highest BCUT2D eigenvalue weighted by Gasteiger charge is 2.14. The number of nitrogens with zero attached hydrogens (tertiary/aromatic N) is 1. The second-order valence-corrected chi connectivity index (χ2v) is 5.08. The third kappa shape index (κ3) is 7.53. The van der Waals surface area contributed by atoms with E-state index in [4.69, 9.17) is 5.73 Å². The van der Waals surface area contributed by atoms with Crippen molar-refractivity contribution in [3.8, 4) is 0 Å². The van der Waals surface area contributed by atoms with Gasteiger partial charge < -0.3 is 16.4 Å². The van der Waals surface area contributed by atoms with Crippen molar-refractivity contribution in [2.45, 2.75) is 20.3 Å². The van der Waals surface area contributed by atoms with Crippen LogP contribution in [0.4, 0.5) is 18.9 Å². The topological polar surface area (TPSA) is 79.5 Å². The summed E-state index contributed by atoms with van der Waals surface area (Å²) in [5, 5.41) is 4.92. The van der Waals surface area contributed by atoms with Crippen molar-refractivity contribution < 1.29 is 18.0 Å². The van der Waals surface area contributed by atoms with Crippen LogP contribution in [0.3, 0.4) is 0 Å². The standard InChI is InChI=1S/C14H19F3N4O.HI/c1-8(2)5-6-19-14(18)20-7-11(22)21-10-4-3-9(15)12(16)13(10)17;/h3-4,8H,5-7H2,1-2H3,(H,21,22)(H3,18,19,20);1H. The number of benzene rings is 1. The van der Waals surface area contributed by atoms with Crippen LogP contribution in [0.1, 0.15) is 20.3 Å². The van der Waals surface area contributed by atoms with Gasteiger partial charge in [-0.05, 0) is 24.5 Å². The van der Waals surface area contributed by atoms with Crippen molar-refractivity contribution in [2.24, 2.45) is 16.6 Å². The Morgan fingerprint density at radius 2 is 1.91 bits per heavy atom. The summed E-state index contributed by atoms with van der Waals surface area (Å²) in [4.78, 5) is 15.3. The lowest BCUT2D eigenvalue weighted by molar-refractivity contribution is -0.114. The van der Waals surface area contributed by atoms with Gasteiger partial charge in [-0.25, -0.2) is 18.2 Å². The van der Waals surface area contributed by atoms with E-state index in [0.29, 0.717) is 12.5 Å². The van der Waals surface area contributed by atoms with E-state index in [9.17, 15) is 18.0 Å². The molecule has 9 heteroatoms. The molecule has 1 amide bonds. The van der Waals surface area contributed by atoms with Gasteiger partial charge in [-0.3, -0.25) is 4.79 Å². The maximum absolute atomic E-state index is 13.4. The Hall–Kier alpha value is -1.52. The van der Waals surface area contributed by atoms with E-state index in [1.54, 1.807) is 0 Å². The zero-order valence-corrected chi connectivity index (χ0v) is 15.2. The third-order valence-electron chi connectivity index (χ3n) is 2.73. The molecule has 0 saturated heterocycles. The number of amides is 1. The highest BCUT2D eigenvalue weighted by Crippen LogP contribution is 2.19. The summed E-state index contributed by atoms with van der Waals surface area (Å²) in [5.74, 6) is -4.54. The van der Waals surface area contributed by atoms with Crippen molar-refractivity contribution >= 4 is 41.5 Å². The molecular formula is C14H20F3IN4O. The van der Waals surface area contributed by atoms with Crippen molar-refractivity contribution in [2.75, 3.05) is 18.4 Å². The zero-order valence-electron chi connectivity index (χ0n) is 12.8. The van der Waals surface area contributed by atoms with Gasteiger partial charge in [0.2, 0.25) is 5.91 Å². The molecule has 1 aromatic rings. The van der Waals surface area contributed by atoms with E-state index in [1.807, 2.05) is 0 Å². The first-order valence-corrected chi connectivity index (χ1v) is 6.78. The number of anilines is 1. The normalized spacial score (nSPS) is 11.1. The second-order valence-electron chi connectivity index (χ2n) is 5.08. The van der Waals surface area contributed by atoms with Gasteiger partial charge in [0.25, 0.3) is 0 Å². The summed E-state index contributed by atoms with van der Waals surface area (Å²) in [6.45, 7) is 4.36. The maximum atomic E-state index is 13.4. The molecule has 0 bridgehead atoms. The zero-order chi connectivity index (χ0) is 16.7. The van der Waals surface area contributed by atoms with Crippen LogP contribution in [0.2, 0.25) is 0 Å². The molecule has 4 N–H and O–H groups in total. The average molecular weight is 444 g/mol. The number of aliphatic imine (C=N–C) groups is 1. The van der Waals surface area contributed by atoms with Crippen LogP contribution in [0, 0.1) is 23.4 Å². The number of rotatable bonds is 6. The Morgan fingerprint density at radius 1 is 1.26 bits per heavy atom. The van der Waals surface area contributed by atoms with Gasteiger partial charge in [0.1, 0.15) is 6.54 Å². The molecule has 1 rings (SSSR count). The molecule has 5 nitrogen and oxygen atoms in total. The Bertz CT molecular complexity index is 567. The average Bonchev–Trinajstić information content (AvgIpc) is 2.45. The van der Waals surface area contributed by atoms with Crippen molar-refractivity contribution in [1.82, 2.24) is 5.32 Å². The van der Waals surface area contributed by atoms with Gasteiger partial charge in [0.15, 0.2) is 23.4 Å². The fraction of sp³-hybridized carbons (Fsp3) is 0.429. The molecule has 0 saturated carbocycles. The summed E-state index contributed by atoms with van der Waals surface area (Å²) in [6, 6.07) is 1.65. The van der Waals surface area contributed by atoms with Gasteiger partial charge in [-0.1, -0.05) is 13.8 Å². The van der Waals surface area contributed by atoms with Crippen LogP contribution in [0.15, 0.2) is 17.1 Å². The third-order valence-corrected chi connectivity index (χ3v) is 2.73. The van der Waals surface area contributed by atoms with E-state index in [1.165, 1.54) is 0 Å². The molecule has 0 unspecified atom stereocenters. The summed E-state index contributed by atoms with van der Waals surface area (Å²) in [7, 11) is 0. The molecule has 0 aromatic heterocycles. The van der Waals surface area contributed by atoms with Crippen LogP contribution >= 0.6 is 24.0 Å². The molecule has 0 radical (unpaired) electrons. The first kappa shape index (κ1) is 21.5. The predicted molar refractivity (Wildman–Crippen MR) is 94.3 cm³/mol. The molecule has 0 aliphatic rings. The maximum Gasteiger partial charge on any atom is 0.246 e. The quantitative estimate of drug-likeness (QED) is 0.273. The first-order chi connectivity index (χ1) is 10.3. The number of halogens is 4. The fourth-order valence-electron chi connectivity index (χ4n) is 1.51. The van der Waals surface area contributed by atoms with E-state index in [0.717, 1.165) is 18.6 Å². The summed E-state index contributed by atoms with van der Waals surface area (Å²) >= 11 is 0. The van der Waals surface area contributed by atoms with Gasteiger partial charge in [0, 0.05) is 6.54 Å². The van der Waals surface area contributed by atoms with Gasteiger partial charge in [-0.15, -0.1) is 24.0 Å². The number of guanidine groups is 1. The van der Waals surface area contributed by atoms with E-state index in [2.05, 4.69) is 29.5 Å². The number of carbonyl (C=O) groups excluding carboxylic acids is 1. The Balaban J connectivity index is 0.00000484. The summed E-state index contributed by atoms with van der Waals surface area (Å²) < 4.78 is 39.1. The predicted octanol–water partition coefficient (Wildman–Crippen LogP) is 2.61. The smallest absolute Gasteiger partial charge is 0.246 e. The molecule has 0 fully saturated rings. The minimum Gasteiger partial charge on any atom is -0.370 e. The molecular weight excluding hydrogens is 424 g/mol. The lowest BCUT2D eigenvalue weighted by atomic mass is 10.1. The van der Waals surface area contributed by atoms with Gasteiger partial charge in [-0.2, -0.15) is 0 Å². The highest BCUT2D eigenvalue weighted by atomic mass is 127. The van der Waals surface area contributed by atoms with Gasteiger partial charge in [0.05, 0.1) is 5.69 Å². The number of hydrogen-bond acceptors (Lipinski definition) is 2. The molecule has 130 valence electrons. The summed E-state index contributed by atoms with van der Waals surface area (Å²) in [5.41, 5.74) is 5.10. The largest absolute Gasteiger partial charge is 0.370 e. The van der Waals surface area contributed by atoms with Crippen LogP contribution < -0.4 is 16.4 Å². The van der Waals surface area contributed by atoms with Crippen molar-refractivity contribution in [3.05, 3.63) is 29.6 Å². The number of nitrogens with two attached hydrogens (primary N) is 1. The molecule has 0 aliphatic carbocycles.